The second-order valence-corrected chi connectivity index (χ2v) is 5.41. The van der Waals surface area contributed by atoms with Crippen molar-refractivity contribution >= 4 is 5.91 Å². The molecule has 1 aliphatic carbocycles. The Morgan fingerprint density at radius 2 is 2.17 bits per heavy atom. The van der Waals surface area contributed by atoms with E-state index < -0.39 is 0 Å². The standard InChI is InChI=1S/C14H21N3O/c1-2-5-12-11-8-9-15-14(18)13(11)17(16-12)10-6-3-4-7-10/h10H,2-9H2,1H3,(H,15,18). The normalized spacial score (nSPS) is 19.9. The highest BCUT2D eigenvalue weighted by molar-refractivity contribution is 5.95. The largest absolute Gasteiger partial charge is 0.350 e. The van der Waals surface area contributed by atoms with Gasteiger partial charge in [0.05, 0.1) is 11.7 Å². The summed E-state index contributed by atoms with van der Waals surface area (Å²) in [4.78, 5) is 12.1. The van der Waals surface area contributed by atoms with Crippen LogP contribution in [-0.2, 0) is 12.8 Å². The monoisotopic (exact) mass is 247 g/mol. The minimum atomic E-state index is 0.0815. The number of aryl methyl sites for hydroxylation is 1. The van der Waals surface area contributed by atoms with Crippen LogP contribution < -0.4 is 5.32 Å². The summed E-state index contributed by atoms with van der Waals surface area (Å²) >= 11 is 0. The number of hydrogen-bond acceptors (Lipinski definition) is 2. The number of hydrogen-bond donors (Lipinski definition) is 1. The van der Waals surface area contributed by atoms with E-state index in [0.717, 1.165) is 37.2 Å². The quantitative estimate of drug-likeness (QED) is 0.890. The van der Waals surface area contributed by atoms with Crippen LogP contribution in [-0.4, -0.2) is 22.2 Å². The zero-order chi connectivity index (χ0) is 12.5. The Bertz CT molecular complexity index is 458. The van der Waals surface area contributed by atoms with Gasteiger partial charge in [-0.05, 0) is 25.7 Å². The first-order valence-corrected chi connectivity index (χ1v) is 7.19. The lowest BCUT2D eigenvalue weighted by Crippen LogP contribution is -2.34. The molecule has 2 aliphatic rings. The van der Waals surface area contributed by atoms with E-state index in [1.165, 1.54) is 31.2 Å². The van der Waals surface area contributed by atoms with Crippen molar-refractivity contribution in [3.8, 4) is 0 Å². The van der Waals surface area contributed by atoms with Crippen LogP contribution >= 0.6 is 0 Å². The molecule has 2 heterocycles. The van der Waals surface area contributed by atoms with E-state index in [2.05, 4.69) is 12.2 Å². The molecule has 0 aromatic carbocycles. The Kier molecular flexibility index (Phi) is 3.10. The lowest BCUT2D eigenvalue weighted by Gasteiger charge is -2.18. The van der Waals surface area contributed by atoms with Crippen LogP contribution in [0.1, 0.15) is 66.8 Å². The Morgan fingerprint density at radius 3 is 2.89 bits per heavy atom. The number of aromatic nitrogens is 2. The summed E-state index contributed by atoms with van der Waals surface area (Å²) in [6.45, 7) is 2.93. The first-order chi connectivity index (χ1) is 8.81. The summed E-state index contributed by atoms with van der Waals surface area (Å²) in [5.41, 5.74) is 3.23. The van der Waals surface area contributed by atoms with Gasteiger partial charge >= 0.3 is 0 Å². The van der Waals surface area contributed by atoms with Crippen LogP contribution in [0, 0.1) is 0 Å². The molecule has 0 saturated heterocycles. The molecular weight excluding hydrogens is 226 g/mol. The van der Waals surface area contributed by atoms with Gasteiger partial charge in [0.15, 0.2) is 0 Å². The summed E-state index contributed by atoms with van der Waals surface area (Å²) in [6.07, 6.45) is 7.92. The van der Waals surface area contributed by atoms with Gasteiger partial charge in [-0.15, -0.1) is 0 Å². The average Bonchev–Trinajstić information content (AvgIpc) is 2.98. The Hall–Kier alpha value is -1.32. The highest BCUT2D eigenvalue weighted by Gasteiger charge is 2.30. The maximum absolute atomic E-state index is 12.1. The van der Waals surface area contributed by atoms with Crippen molar-refractivity contribution in [2.45, 2.75) is 57.9 Å². The predicted molar refractivity (Wildman–Crippen MR) is 69.8 cm³/mol. The second kappa shape index (κ2) is 4.75. The van der Waals surface area contributed by atoms with Crippen LogP contribution in [0.15, 0.2) is 0 Å². The molecule has 1 N–H and O–H groups in total. The van der Waals surface area contributed by atoms with Crippen molar-refractivity contribution in [1.29, 1.82) is 0 Å². The van der Waals surface area contributed by atoms with Crippen molar-refractivity contribution in [3.05, 3.63) is 17.0 Å². The molecule has 18 heavy (non-hydrogen) atoms. The van der Waals surface area contributed by atoms with E-state index in [-0.39, 0.29) is 5.91 Å². The third kappa shape index (κ3) is 1.84. The van der Waals surface area contributed by atoms with E-state index in [4.69, 9.17) is 5.10 Å². The number of amides is 1. The summed E-state index contributed by atoms with van der Waals surface area (Å²) in [7, 11) is 0. The van der Waals surface area contributed by atoms with Crippen molar-refractivity contribution in [1.82, 2.24) is 15.1 Å². The molecule has 1 amide bonds. The molecule has 4 heteroatoms. The minimum absolute atomic E-state index is 0.0815. The lowest BCUT2D eigenvalue weighted by molar-refractivity contribution is 0.0932. The van der Waals surface area contributed by atoms with Crippen molar-refractivity contribution in [2.75, 3.05) is 6.54 Å². The first kappa shape index (κ1) is 11.8. The van der Waals surface area contributed by atoms with E-state index in [1.54, 1.807) is 0 Å². The Balaban J connectivity index is 2.04. The first-order valence-electron chi connectivity index (χ1n) is 7.19. The van der Waals surface area contributed by atoms with Crippen LogP contribution in [0.3, 0.4) is 0 Å². The SMILES string of the molecule is CCCc1nn(C2CCCC2)c2c1CCNC2=O. The number of rotatable bonds is 3. The summed E-state index contributed by atoms with van der Waals surface area (Å²) in [5, 5.41) is 7.73. The molecule has 1 aromatic rings. The van der Waals surface area contributed by atoms with E-state index in [0.29, 0.717) is 6.04 Å². The molecule has 0 bridgehead atoms. The molecule has 1 fully saturated rings. The summed E-state index contributed by atoms with van der Waals surface area (Å²) in [5.74, 6) is 0.0815. The molecular formula is C14H21N3O. The zero-order valence-electron chi connectivity index (χ0n) is 11.0. The highest BCUT2D eigenvalue weighted by Crippen LogP contribution is 2.32. The number of carbonyl (C=O) groups is 1. The molecule has 1 aliphatic heterocycles. The van der Waals surface area contributed by atoms with Gasteiger partial charge in [0, 0.05) is 12.1 Å². The number of fused-ring (bicyclic) bond motifs is 1. The van der Waals surface area contributed by atoms with Crippen molar-refractivity contribution in [2.24, 2.45) is 0 Å². The molecule has 3 rings (SSSR count). The van der Waals surface area contributed by atoms with Gasteiger partial charge in [0.25, 0.3) is 5.91 Å². The molecule has 4 nitrogen and oxygen atoms in total. The number of nitrogens with one attached hydrogen (secondary N) is 1. The molecule has 0 unspecified atom stereocenters. The fourth-order valence-electron chi connectivity index (χ4n) is 3.25. The Morgan fingerprint density at radius 1 is 1.39 bits per heavy atom. The number of nitrogens with zero attached hydrogens (tertiary/aromatic N) is 2. The van der Waals surface area contributed by atoms with Gasteiger partial charge < -0.3 is 5.32 Å². The third-order valence-electron chi connectivity index (χ3n) is 4.12. The van der Waals surface area contributed by atoms with Gasteiger partial charge in [-0.1, -0.05) is 26.2 Å². The molecule has 1 saturated carbocycles. The average molecular weight is 247 g/mol. The third-order valence-corrected chi connectivity index (χ3v) is 4.12. The van der Waals surface area contributed by atoms with Crippen LogP contribution in [0.25, 0.3) is 0 Å². The van der Waals surface area contributed by atoms with Crippen LogP contribution in [0.4, 0.5) is 0 Å². The fourth-order valence-corrected chi connectivity index (χ4v) is 3.25. The highest BCUT2D eigenvalue weighted by atomic mass is 16.2. The topological polar surface area (TPSA) is 46.9 Å². The van der Waals surface area contributed by atoms with E-state index in [1.807, 2.05) is 4.68 Å². The van der Waals surface area contributed by atoms with Crippen molar-refractivity contribution < 1.29 is 4.79 Å². The van der Waals surface area contributed by atoms with Crippen LogP contribution in [0.5, 0.6) is 0 Å². The van der Waals surface area contributed by atoms with Gasteiger partial charge in [0.1, 0.15) is 5.69 Å². The maximum atomic E-state index is 12.1. The molecule has 1 aromatic heterocycles. The smallest absolute Gasteiger partial charge is 0.269 e. The fraction of sp³-hybridized carbons (Fsp3) is 0.714. The summed E-state index contributed by atoms with van der Waals surface area (Å²) < 4.78 is 2.04. The van der Waals surface area contributed by atoms with E-state index >= 15 is 0 Å². The lowest BCUT2D eigenvalue weighted by atomic mass is 10.0. The van der Waals surface area contributed by atoms with Gasteiger partial charge in [-0.25, -0.2) is 0 Å². The minimum Gasteiger partial charge on any atom is -0.350 e. The molecule has 98 valence electrons. The van der Waals surface area contributed by atoms with E-state index in [9.17, 15) is 4.79 Å². The maximum Gasteiger partial charge on any atom is 0.269 e. The Labute approximate surface area is 108 Å². The van der Waals surface area contributed by atoms with Crippen LogP contribution in [0.2, 0.25) is 0 Å². The second-order valence-electron chi connectivity index (χ2n) is 5.41. The molecule has 0 atom stereocenters. The summed E-state index contributed by atoms with van der Waals surface area (Å²) in [6, 6.07) is 0.452. The zero-order valence-corrected chi connectivity index (χ0v) is 11.0. The van der Waals surface area contributed by atoms with Gasteiger partial charge in [-0.2, -0.15) is 5.10 Å². The number of carbonyl (C=O) groups excluding carboxylic acids is 1. The van der Waals surface area contributed by atoms with Gasteiger partial charge in [0.2, 0.25) is 0 Å². The molecule has 0 radical (unpaired) electrons. The molecule has 0 spiro atoms. The predicted octanol–water partition coefficient (Wildman–Crippen LogP) is 2.24. The van der Waals surface area contributed by atoms with Crippen molar-refractivity contribution in [3.63, 3.8) is 0 Å². The van der Waals surface area contributed by atoms with Gasteiger partial charge in [-0.3, -0.25) is 9.48 Å².